The maximum absolute atomic E-state index is 13.3. The molecule has 1 fully saturated rings. The SMILES string of the molecule is C=CC1=C(C)C(=O)NC1Cc1[nH]c(Cc2[nH]c3c(c2C)C(=O)C/C3=C2/[NH2+][C@H](C(=O)[O-])[C@@H](C)[C@@H]2CCC(=O)[O-])c(CC)c1C. The van der Waals surface area contributed by atoms with Gasteiger partial charge in [0.25, 0.3) is 0 Å². The summed E-state index contributed by atoms with van der Waals surface area (Å²) in [6.07, 6.45) is 3.87. The van der Waals surface area contributed by atoms with Crippen LogP contribution in [0.5, 0.6) is 0 Å². The number of carboxylic acids is 2. The van der Waals surface area contributed by atoms with Gasteiger partial charge in [0.2, 0.25) is 5.91 Å². The number of aliphatic carboxylic acids is 2. The molecule has 1 saturated heterocycles. The Kier molecular flexibility index (Phi) is 8.09. The highest BCUT2D eigenvalue weighted by molar-refractivity contribution is 6.12. The van der Waals surface area contributed by atoms with Gasteiger partial charge in [-0.3, -0.25) is 9.59 Å². The van der Waals surface area contributed by atoms with Crippen LogP contribution in [-0.2, 0) is 33.6 Å². The van der Waals surface area contributed by atoms with Crippen molar-refractivity contribution in [2.45, 2.75) is 85.2 Å². The molecule has 0 aromatic carbocycles. The third-order valence-electron chi connectivity index (χ3n) is 9.87. The number of aromatic nitrogens is 2. The third kappa shape index (κ3) is 5.18. The zero-order chi connectivity index (χ0) is 31.3. The van der Waals surface area contributed by atoms with Crippen LogP contribution in [0, 0.1) is 25.7 Å². The highest BCUT2D eigenvalue weighted by Gasteiger charge is 2.45. The molecule has 4 heterocycles. The van der Waals surface area contributed by atoms with Crippen LogP contribution in [0.4, 0.5) is 0 Å². The molecule has 43 heavy (non-hydrogen) atoms. The summed E-state index contributed by atoms with van der Waals surface area (Å²) >= 11 is 0. The van der Waals surface area contributed by atoms with E-state index >= 15 is 0 Å². The molecule has 2 aliphatic heterocycles. The Morgan fingerprint density at radius 2 is 1.79 bits per heavy atom. The standard InChI is InChI=1S/C33H40N4O6/c1-7-18-14(3)22(12-25-19(8-2)16(5)32(41)36-25)34-24(18)13-23-17(6)28-26(38)11-21(31(28)35-23)30-20(9-10-27(39)40)15(4)29(37-30)33(42)43/h8,15,20,25,29,34-35,37H,2,7,9-13H2,1,3-6H3,(H,36,41)(H,39,40)(H,42,43)/p-1/b30-21-/t15-,20-,25?,29-/m0/s1. The fourth-order valence-corrected chi connectivity index (χ4v) is 7.45. The van der Waals surface area contributed by atoms with Gasteiger partial charge in [0.05, 0.1) is 17.7 Å². The van der Waals surface area contributed by atoms with Gasteiger partial charge in [-0.1, -0.05) is 26.5 Å². The number of amides is 1. The second kappa shape index (κ2) is 11.5. The predicted molar refractivity (Wildman–Crippen MR) is 155 cm³/mol. The fourth-order valence-electron chi connectivity index (χ4n) is 7.45. The molecular formula is C33H39N4O6-. The van der Waals surface area contributed by atoms with E-state index in [-0.39, 0.29) is 48.8 Å². The number of nitrogens with one attached hydrogen (secondary N) is 3. The van der Waals surface area contributed by atoms with Crippen molar-refractivity contribution in [2.75, 3.05) is 0 Å². The number of carbonyl (C=O) groups excluding carboxylic acids is 4. The van der Waals surface area contributed by atoms with E-state index in [2.05, 4.69) is 35.7 Å². The summed E-state index contributed by atoms with van der Waals surface area (Å²) in [4.78, 5) is 55.9. The summed E-state index contributed by atoms with van der Waals surface area (Å²) in [5.41, 5.74) is 10.5. The Balaban J connectivity index is 1.49. The van der Waals surface area contributed by atoms with Gasteiger partial charge in [0, 0.05) is 70.9 Å². The van der Waals surface area contributed by atoms with E-state index in [1.54, 1.807) is 18.3 Å². The number of nitrogens with two attached hydrogens (primary N) is 1. The maximum atomic E-state index is 13.3. The Bertz CT molecular complexity index is 1620. The molecule has 3 aliphatic rings. The quantitative estimate of drug-likeness (QED) is 0.314. The van der Waals surface area contributed by atoms with Crippen LogP contribution in [0.25, 0.3) is 5.57 Å². The van der Waals surface area contributed by atoms with Crippen LogP contribution in [0.1, 0.15) is 89.9 Å². The monoisotopic (exact) mass is 587 g/mol. The van der Waals surface area contributed by atoms with Gasteiger partial charge in [0.1, 0.15) is 11.7 Å². The van der Waals surface area contributed by atoms with Gasteiger partial charge >= 0.3 is 0 Å². The predicted octanol–water partition coefficient (Wildman–Crippen LogP) is 0.432. The van der Waals surface area contributed by atoms with Gasteiger partial charge in [-0.25, -0.2) is 0 Å². The van der Waals surface area contributed by atoms with E-state index in [0.29, 0.717) is 29.7 Å². The van der Waals surface area contributed by atoms with E-state index < -0.39 is 18.0 Å². The molecule has 5 N–H and O–H groups in total. The van der Waals surface area contributed by atoms with Crippen molar-refractivity contribution in [2.24, 2.45) is 11.8 Å². The first-order valence-corrected chi connectivity index (χ1v) is 14.9. The van der Waals surface area contributed by atoms with E-state index in [0.717, 1.165) is 51.5 Å². The summed E-state index contributed by atoms with van der Waals surface area (Å²) in [7, 11) is 0. The van der Waals surface area contributed by atoms with E-state index in [1.807, 2.05) is 13.8 Å². The topological polar surface area (TPSA) is 175 Å². The molecule has 0 saturated carbocycles. The first kappa shape index (κ1) is 30.3. The van der Waals surface area contributed by atoms with Gasteiger partial charge in [-0.15, -0.1) is 0 Å². The van der Waals surface area contributed by atoms with Crippen LogP contribution in [0.3, 0.4) is 0 Å². The van der Waals surface area contributed by atoms with Crippen molar-refractivity contribution in [3.8, 4) is 0 Å². The average molecular weight is 588 g/mol. The average Bonchev–Trinajstić information content (AvgIpc) is 3.69. The highest BCUT2D eigenvalue weighted by Crippen LogP contribution is 2.42. The molecule has 1 unspecified atom stereocenters. The summed E-state index contributed by atoms with van der Waals surface area (Å²) in [5, 5.41) is 27.9. The van der Waals surface area contributed by atoms with Crippen molar-refractivity contribution in [1.82, 2.24) is 15.3 Å². The van der Waals surface area contributed by atoms with Crippen LogP contribution >= 0.6 is 0 Å². The normalized spacial score (nSPS) is 25.0. The molecule has 5 rings (SSSR count). The summed E-state index contributed by atoms with van der Waals surface area (Å²) in [5.74, 6) is -3.21. The lowest BCUT2D eigenvalue weighted by Gasteiger charge is -2.16. The molecule has 228 valence electrons. The Morgan fingerprint density at radius 3 is 2.42 bits per heavy atom. The number of aromatic amines is 2. The smallest absolute Gasteiger partial charge is 0.247 e. The molecule has 10 heteroatoms. The minimum Gasteiger partial charge on any atom is -0.550 e. The number of quaternary nitrogens is 1. The molecule has 0 radical (unpaired) electrons. The van der Waals surface area contributed by atoms with Crippen molar-refractivity contribution in [3.63, 3.8) is 0 Å². The number of hydrogen-bond donors (Lipinski definition) is 4. The maximum Gasteiger partial charge on any atom is 0.247 e. The first-order valence-electron chi connectivity index (χ1n) is 14.9. The zero-order valence-electron chi connectivity index (χ0n) is 25.4. The summed E-state index contributed by atoms with van der Waals surface area (Å²) in [6.45, 7) is 13.6. The molecule has 2 aromatic heterocycles. The minimum atomic E-state index is -1.21. The Labute approximate surface area is 250 Å². The molecule has 2 aromatic rings. The first-order chi connectivity index (χ1) is 20.4. The lowest BCUT2D eigenvalue weighted by Crippen LogP contribution is -2.89. The van der Waals surface area contributed by atoms with E-state index in [9.17, 15) is 29.4 Å². The lowest BCUT2D eigenvalue weighted by molar-refractivity contribution is -0.627. The van der Waals surface area contributed by atoms with E-state index in [1.165, 1.54) is 5.56 Å². The van der Waals surface area contributed by atoms with Gasteiger partial charge < -0.3 is 40.4 Å². The van der Waals surface area contributed by atoms with Gasteiger partial charge in [-0.2, -0.15) is 0 Å². The number of carbonyl (C=O) groups is 4. The van der Waals surface area contributed by atoms with Crippen LogP contribution in [0.2, 0.25) is 0 Å². The van der Waals surface area contributed by atoms with E-state index in [4.69, 9.17) is 0 Å². The minimum absolute atomic E-state index is 0.0377. The Morgan fingerprint density at radius 1 is 1.07 bits per heavy atom. The van der Waals surface area contributed by atoms with Gasteiger partial charge in [0.15, 0.2) is 5.78 Å². The summed E-state index contributed by atoms with van der Waals surface area (Å²) in [6, 6.07) is -1.01. The van der Waals surface area contributed by atoms with Crippen molar-refractivity contribution < 1.29 is 34.7 Å². The van der Waals surface area contributed by atoms with Crippen LogP contribution < -0.4 is 20.8 Å². The number of Topliss-reactive ketones (excluding diaryl/α,β-unsaturated/α-hetero) is 1. The second-order valence-corrected chi connectivity index (χ2v) is 12.1. The number of carboxylic acid groups (broad SMARTS) is 2. The molecule has 1 aliphatic carbocycles. The molecule has 4 atom stereocenters. The second-order valence-electron chi connectivity index (χ2n) is 12.1. The molecule has 10 nitrogen and oxygen atoms in total. The summed E-state index contributed by atoms with van der Waals surface area (Å²) < 4.78 is 0. The van der Waals surface area contributed by atoms with Gasteiger partial charge in [-0.05, 0) is 62.3 Å². The van der Waals surface area contributed by atoms with Crippen LogP contribution in [0.15, 0.2) is 29.5 Å². The number of allylic oxidation sites excluding steroid dienone is 2. The molecule has 0 spiro atoms. The number of hydrogen-bond acceptors (Lipinski definition) is 6. The molecule has 0 bridgehead atoms. The zero-order valence-corrected chi connectivity index (χ0v) is 25.4. The fraction of sp³-hybridized carbons (Fsp3) is 0.455. The molecular weight excluding hydrogens is 548 g/mol. The lowest BCUT2D eigenvalue weighted by atomic mass is 9.85. The van der Waals surface area contributed by atoms with Crippen molar-refractivity contribution in [1.29, 1.82) is 0 Å². The Hall–Kier alpha value is -4.18. The number of fused-ring (bicyclic) bond motifs is 1. The highest BCUT2D eigenvalue weighted by atomic mass is 16.4. The largest absolute Gasteiger partial charge is 0.550 e. The van der Waals surface area contributed by atoms with Crippen LogP contribution in [-0.4, -0.2) is 45.7 Å². The van der Waals surface area contributed by atoms with Crippen molar-refractivity contribution >= 4 is 29.2 Å². The third-order valence-corrected chi connectivity index (χ3v) is 9.87. The molecule has 1 amide bonds. The number of H-pyrrole nitrogens is 2. The number of ketones is 1. The number of rotatable bonds is 10. The van der Waals surface area contributed by atoms with Crippen molar-refractivity contribution in [3.05, 3.63) is 74.5 Å².